The maximum Gasteiger partial charge on any atom is 0.171 e. The largest absolute Gasteiger partial charge is 0.504 e. The Kier molecular flexibility index (Phi) is 1.62. The molecule has 0 aliphatic heterocycles. The fourth-order valence-corrected chi connectivity index (χ4v) is 1.27. The molecule has 68 valence electrons. The first kappa shape index (κ1) is 7.91. The molecule has 0 radical (unpaired) electrons. The molecule has 1 aromatic heterocycles. The monoisotopic (exact) mass is 179 g/mol. The van der Waals surface area contributed by atoms with Crippen LogP contribution in [0, 0.1) is 0 Å². The van der Waals surface area contributed by atoms with Crippen molar-refractivity contribution in [2.75, 3.05) is 0 Å². The molecule has 0 fully saturated rings. The molecule has 2 N–H and O–H groups in total. The van der Waals surface area contributed by atoms with Crippen LogP contribution in [0.15, 0.2) is 16.7 Å². The molecule has 0 aliphatic rings. The summed E-state index contributed by atoms with van der Waals surface area (Å²) in [4.78, 5) is 0. The number of phenols is 2. The Balaban J connectivity index is 2.77. The van der Waals surface area contributed by atoms with Gasteiger partial charge in [0.05, 0.1) is 5.69 Å². The number of fused-ring (bicyclic) bond motifs is 1. The lowest BCUT2D eigenvalue weighted by Crippen LogP contribution is -1.78. The Morgan fingerprint density at radius 1 is 1.31 bits per heavy atom. The van der Waals surface area contributed by atoms with Gasteiger partial charge in [-0.15, -0.1) is 0 Å². The van der Waals surface area contributed by atoms with E-state index >= 15 is 0 Å². The first-order valence-electron chi connectivity index (χ1n) is 4.02. The van der Waals surface area contributed by atoms with Gasteiger partial charge in [-0.25, -0.2) is 0 Å². The standard InChI is InChI=1S/C9H9NO3/c1-2-6-5-3-7(11)8(12)4-9(5)13-10-6/h3-4,11-12H,2H2,1H3. The van der Waals surface area contributed by atoms with Crippen molar-refractivity contribution in [3.8, 4) is 11.5 Å². The smallest absolute Gasteiger partial charge is 0.171 e. The molecule has 0 aliphatic carbocycles. The first-order chi connectivity index (χ1) is 6.22. The van der Waals surface area contributed by atoms with Crippen LogP contribution in [0.3, 0.4) is 0 Å². The molecule has 0 unspecified atom stereocenters. The number of aromatic hydroxyl groups is 2. The van der Waals surface area contributed by atoms with E-state index in [4.69, 9.17) is 9.63 Å². The SMILES string of the molecule is CCc1noc2cc(O)c(O)cc12. The third-order valence-electron chi connectivity index (χ3n) is 1.98. The molecule has 2 rings (SSSR count). The summed E-state index contributed by atoms with van der Waals surface area (Å²) in [5, 5.41) is 22.9. The molecule has 0 atom stereocenters. The van der Waals surface area contributed by atoms with Crippen LogP contribution in [0.5, 0.6) is 11.5 Å². The second-order valence-electron chi connectivity index (χ2n) is 2.82. The van der Waals surface area contributed by atoms with Gasteiger partial charge < -0.3 is 14.7 Å². The van der Waals surface area contributed by atoms with E-state index in [-0.39, 0.29) is 11.5 Å². The zero-order valence-corrected chi connectivity index (χ0v) is 7.11. The van der Waals surface area contributed by atoms with Crippen molar-refractivity contribution in [1.29, 1.82) is 0 Å². The van der Waals surface area contributed by atoms with E-state index < -0.39 is 0 Å². The number of aryl methyl sites for hydroxylation is 1. The summed E-state index contributed by atoms with van der Waals surface area (Å²) in [5.41, 5.74) is 1.28. The highest BCUT2D eigenvalue weighted by Crippen LogP contribution is 2.31. The topological polar surface area (TPSA) is 66.5 Å². The van der Waals surface area contributed by atoms with Crippen LogP contribution >= 0.6 is 0 Å². The van der Waals surface area contributed by atoms with E-state index in [0.29, 0.717) is 5.58 Å². The summed E-state index contributed by atoms with van der Waals surface area (Å²) in [6.07, 6.45) is 0.733. The van der Waals surface area contributed by atoms with Crippen molar-refractivity contribution in [3.63, 3.8) is 0 Å². The number of rotatable bonds is 1. The molecule has 1 aromatic carbocycles. The van der Waals surface area contributed by atoms with Gasteiger partial charge in [0.25, 0.3) is 0 Å². The molecular formula is C9H9NO3. The predicted molar refractivity (Wildman–Crippen MR) is 46.7 cm³/mol. The van der Waals surface area contributed by atoms with Gasteiger partial charge in [0.15, 0.2) is 17.1 Å². The summed E-state index contributed by atoms with van der Waals surface area (Å²) < 4.78 is 4.95. The Morgan fingerprint density at radius 3 is 2.69 bits per heavy atom. The minimum atomic E-state index is -0.189. The number of hydrogen-bond donors (Lipinski definition) is 2. The quantitative estimate of drug-likeness (QED) is 0.655. The van der Waals surface area contributed by atoms with Gasteiger partial charge in [-0.05, 0) is 12.5 Å². The van der Waals surface area contributed by atoms with Crippen molar-refractivity contribution < 1.29 is 14.7 Å². The molecule has 0 amide bonds. The number of benzene rings is 1. The third-order valence-corrected chi connectivity index (χ3v) is 1.98. The normalized spacial score (nSPS) is 10.8. The molecule has 2 aromatic rings. The fraction of sp³-hybridized carbons (Fsp3) is 0.222. The number of nitrogens with zero attached hydrogens (tertiary/aromatic N) is 1. The van der Waals surface area contributed by atoms with Crippen molar-refractivity contribution in [2.24, 2.45) is 0 Å². The Morgan fingerprint density at radius 2 is 2.00 bits per heavy atom. The first-order valence-corrected chi connectivity index (χ1v) is 4.02. The minimum Gasteiger partial charge on any atom is -0.504 e. The number of aromatic nitrogens is 1. The zero-order chi connectivity index (χ0) is 9.42. The third kappa shape index (κ3) is 1.11. The molecular weight excluding hydrogens is 170 g/mol. The molecule has 0 saturated carbocycles. The molecule has 0 spiro atoms. The molecule has 1 heterocycles. The van der Waals surface area contributed by atoms with Crippen LogP contribution in [0.2, 0.25) is 0 Å². The summed E-state index contributed by atoms with van der Waals surface area (Å²) in [7, 11) is 0. The summed E-state index contributed by atoms with van der Waals surface area (Å²) in [6, 6.07) is 2.82. The van der Waals surface area contributed by atoms with E-state index in [1.807, 2.05) is 6.92 Å². The summed E-state index contributed by atoms with van der Waals surface area (Å²) >= 11 is 0. The van der Waals surface area contributed by atoms with Crippen molar-refractivity contribution in [2.45, 2.75) is 13.3 Å². The maximum atomic E-state index is 9.24. The second kappa shape index (κ2) is 2.65. The van der Waals surface area contributed by atoms with Crippen LogP contribution in [0.1, 0.15) is 12.6 Å². The lowest BCUT2D eigenvalue weighted by molar-refractivity contribution is 0.402. The number of phenolic OH excluding ortho intramolecular Hbond substituents is 2. The van der Waals surface area contributed by atoms with Crippen LogP contribution in [0.25, 0.3) is 11.0 Å². The molecule has 0 bridgehead atoms. The van der Waals surface area contributed by atoms with Gasteiger partial charge in [0, 0.05) is 11.5 Å². The van der Waals surface area contributed by atoms with Crippen LogP contribution in [0.4, 0.5) is 0 Å². The van der Waals surface area contributed by atoms with E-state index in [1.54, 1.807) is 0 Å². The van der Waals surface area contributed by atoms with E-state index in [2.05, 4.69) is 5.16 Å². The minimum absolute atomic E-state index is 0.148. The average molecular weight is 179 g/mol. The highest BCUT2D eigenvalue weighted by Gasteiger charge is 2.09. The number of hydrogen-bond acceptors (Lipinski definition) is 4. The predicted octanol–water partition coefficient (Wildman–Crippen LogP) is 1.80. The zero-order valence-electron chi connectivity index (χ0n) is 7.11. The maximum absolute atomic E-state index is 9.24. The van der Waals surface area contributed by atoms with Gasteiger partial charge >= 0.3 is 0 Å². The van der Waals surface area contributed by atoms with Gasteiger partial charge in [-0.3, -0.25) is 0 Å². The van der Waals surface area contributed by atoms with Crippen LogP contribution < -0.4 is 0 Å². The fourth-order valence-electron chi connectivity index (χ4n) is 1.27. The molecule has 0 saturated heterocycles. The van der Waals surface area contributed by atoms with Gasteiger partial charge in [0.1, 0.15) is 0 Å². The summed E-state index contributed by atoms with van der Waals surface area (Å²) in [6.45, 7) is 1.95. The highest BCUT2D eigenvalue weighted by molar-refractivity contribution is 5.83. The lowest BCUT2D eigenvalue weighted by Gasteiger charge is -1.95. The van der Waals surface area contributed by atoms with Gasteiger partial charge in [0.2, 0.25) is 0 Å². The van der Waals surface area contributed by atoms with E-state index in [0.717, 1.165) is 17.5 Å². The van der Waals surface area contributed by atoms with E-state index in [9.17, 15) is 5.11 Å². The second-order valence-corrected chi connectivity index (χ2v) is 2.82. The van der Waals surface area contributed by atoms with Gasteiger partial charge in [-0.2, -0.15) is 0 Å². The van der Waals surface area contributed by atoms with Crippen molar-refractivity contribution >= 4 is 11.0 Å². The Hall–Kier alpha value is -1.71. The average Bonchev–Trinajstić information content (AvgIpc) is 2.48. The van der Waals surface area contributed by atoms with Crippen LogP contribution in [-0.2, 0) is 6.42 Å². The van der Waals surface area contributed by atoms with Crippen molar-refractivity contribution in [1.82, 2.24) is 5.16 Å². The molecule has 13 heavy (non-hydrogen) atoms. The molecule has 4 heteroatoms. The van der Waals surface area contributed by atoms with E-state index in [1.165, 1.54) is 12.1 Å². The highest BCUT2D eigenvalue weighted by atomic mass is 16.5. The Bertz CT molecular complexity index is 447. The summed E-state index contributed by atoms with van der Waals surface area (Å²) in [5.74, 6) is -0.336. The Labute approximate surface area is 74.4 Å². The molecule has 4 nitrogen and oxygen atoms in total. The van der Waals surface area contributed by atoms with Gasteiger partial charge in [-0.1, -0.05) is 12.1 Å². The van der Waals surface area contributed by atoms with Crippen molar-refractivity contribution in [3.05, 3.63) is 17.8 Å². The lowest BCUT2D eigenvalue weighted by atomic mass is 10.1. The van der Waals surface area contributed by atoms with Crippen LogP contribution in [-0.4, -0.2) is 15.4 Å².